The van der Waals surface area contributed by atoms with Gasteiger partial charge >= 0.3 is 0 Å². The molecule has 0 aliphatic heterocycles. The Kier molecular flexibility index (Phi) is 11.8. The van der Waals surface area contributed by atoms with Crippen LogP contribution in [-0.4, -0.2) is 51.4 Å². The monoisotopic (exact) mass is 643 g/mol. The van der Waals surface area contributed by atoms with Crippen LogP contribution in [0.3, 0.4) is 0 Å². The van der Waals surface area contributed by atoms with Crippen LogP contribution in [0.4, 0.5) is 5.69 Å². The number of amides is 2. The molecule has 3 aromatic carbocycles. The summed E-state index contributed by atoms with van der Waals surface area (Å²) in [5.74, 6) is -0.257. The van der Waals surface area contributed by atoms with E-state index in [1.54, 1.807) is 30.3 Å². The first-order valence-corrected chi connectivity index (χ1v) is 15.9. The Bertz CT molecular complexity index is 1420. The molecule has 0 bridgehead atoms. The lowest BCUT2D eigenvalue weighted by Crippen LogP contribution is -2.52. The number of carbonyl (C=O) groups excluding carboxylic acids is 2. The molecule has 0 aliphatic carbocycles. The Balaban J connectivity index is 2.04. The van der Waals surface area contributed by atoms with Gasteiger partial charge < -0.3 is 15.0 Å². The van der Waals surface area contributed by atoms with Crippen LogP contribution in [-0.2, 0) is 26.2 Å². The molecule has 8 nitrogen and oxygen atoms in total. The van der Waals surface area contributed by atoms with Gasteiger partial charge in [0.1, 0.15) is 18.3 Å². The highest BCUT2D eigenvalue weighted by atomic mass is 79.9. The fraction of sp³-hybridized carbons (Fsp3) is 0.355. The van der Waals surface area contributed by atoms with Gasteiger partial charge in [0, 0.05) is 13.1 Å². The van der Waals surface area contributed by atoms with E-state index in [-0.39, 0.29) is 17.3 Å². The number of benzene rings is 3. The highest BCUT2D eigenvalue weighted by Gasteiger charge is 2.33. The van der Waals surface area contributed by atoms with Crippen LogP contribution in [0.5, 0.6) is 5.75 Å². The Labute approximate surface area is 251 Å². The van der Waals surface area contributed by atoms with Gasteiger partial charge in [-0.2, -0.15) is 0 Å². The van der Waals surface area contributed by atoms with Gasteiger partial charge in [-0.3, -0.25) is 13.9 Å². The van der Waals surface area contributed by atoms with Gasteiger partial charge in [0.2, 0.25) is 11.8 Å². The van der Waals surface area contributed by atoms with E-state index in [1.165, 1.54) is 24.1 Å². The van der Waals surface area contributed by atoms with Gasteiger partial charge in [-0.1, -0.05) is 68.3 Å². The first kappa shape index (κ1) is 32.1. The lowest BCUT2D eigenvalue weighted by Gasteiger charge is -2.33. The van der Waals surface area contributed by atoms with Gasteiger partial charge in [-0.25, -0.2) is 8.42 Å². The molecule has 3 rings (SSSR count). The normalized spacial score (nSPS) is 11.9. The molecule has 220 valence electrons. The average Bonchev–Trinajstić information content (AvgIpc) is 2.96. The molecule has 0 aromatic heterocycles. The molecule has 0 unspecified atom stereocenters. The molecule has 10 heteroatoms. The third-order valence-electron chi connectivity index (χ3n) is 6.72. The molecular weight excluding hydrogens is 606 g/mol. The van der Waals surface area contributed by atoms with Crippen molar-refractivity contribution in [2.24, 2.45) is 0 Å². The molecule has 0 saturated heterocycles. The van der Waals surface area contributed by atoms with Crippen molar-refractivity contribution in [1.82, 2.24) is 10.2 Å². The van der Waals surface area contributed by atoms with Crippen LogP contribution < -0.4 is 14.4 Å². The smallest absolute Gasteiger partial charge is 0.264 e. The van der Waals surface area contributed by atoms with E-state index < -0.39 is 28.5 Å². The Morgan fingerprint density at radius 1 is 1.00 bits per heavy atom. The highest BCUT2D eigenvalue weighted by Crippen LogP contribution is 2.31. The van der Waals surface area contributed by atoms with Gasteiger partial charge in [0.25, 0.3) is 10.0 Å². The molecule has 0 spiro atoms. The van der Waals surface area contributed by atoms with Gasteiger partial charge in [-0.05, 0) is 71.6 Å². The number of methoxy groups -OCH3 is 1. The lowest BCUT2D eigenvalue weighted by molar-refractivity contribution is -0.140. The molecule has 0 heterocycles. The largest absolute Gasteiger partial charge is 0.496 e. The van der Waals surface area contributed by atoms with Crippen LogP contribution >= 0.6 is 15.9 Å². The van der Waals surface area contributed by atoms with E-state index in [1.807, 2.05) is 51.1 Å². The van der Waals surface area contributed by atoms with Gasteiger partial charge in [0.05, 0.1) is 22.2 Å². The predicted octanol–water partition coefficient (Wildman–Crippen LogP) is 5.69. The molecule has 0 radical (unpaired) electrons. The third-order valence-corrected chi connectivity index (χ3v) is 9.11. The number of halogens is 1. The fourth-order valence-electron chi connectivity index (χ4n) is 4.38. The third kappa shape index (κ3) is 8.33. The summed E-state index contributed by atoms with van der Waals surface area (Å²) in [6.07, 6.45) is 2.12. The summed E-state index contributed by atoms with van der Waals surface area (Å²) in [7, 11) is -2.69. The van der Waals surface area contributed by atoms with E-state index in [0.717, 1.165) is 28.3 Å². The molecular formula is C31H38BrN3O5S. The van der Waals surface area contributed by atoms with E-state index in [9.17, 15) is 18.0 Å². The Morgan fingerprint density at radius 2 is 1.68 bits per heavy atom. The van der Waals surface area contributed by atoms with Crippen molar-refractivity contribution in [3.63, 3.8) is 0 Å². The molecule has 1 atom stereocenters. The van der Waals surface area contributed by atoms with E-state index in [4.69, 9.17) is 4.74 Å². The van der Waals surface area contributed by atoms with Crippen LogP contribution in [0.1, 0.15) is 44.2 Å². The molecule has 3 aromatic rings. The summed E-state index contributed by atoms with van der Waals surface area (Å²) >= 11 is 3.37. The van der Waals surface area contributed by atoms with Crippen molar-refractivity contribution < 1.29 is 22.7 Å². The Hall–Kier alpha value is -3.37. The van der Waals surface area contributed by atoms with Crippen LogP contribution in [0, 0.1) is 6.92 Å². The summed E-state index contributed by atoms with van der Waals surface area (Å²) < 4.78 is 34.9. The predicted molar refractivity (Wildman–Crippen MR) is 165 cm³/mol. The SMILES string of the molecule is CCCCNC(=O)[C@H](CC)N(Cc1ccccc1)C(=O)CN(c1ccc(C)cc1)S(=O)(=O)c1ccc(OC)c(Br)c1. The van der Waals surface area contributed by atoms with Crippen molar-refractivity contribution in [3.8, 4) is 5.75 Å². The zero-order chi connectivity index (χ0) is 30.0. The highest BCUT2D eigenvalue weighted by molar-refractivity contribution is 9.10. The second-order valence-corrected chi connectivity index (χ2v) is 12.4. The summed E-state index contributed by atoms with van der Waals surface area (Å²) in [4.78, 5) is 28.8. The molecule has 0 saturated carbocycles. The van der Waals surface area contributed by atoms with Crippen LogP contribution in [0.15, 0.2) is 82.2 Å². The number of nitrogens with zero attached hydrogens (tertiary/aromatic N) is 2. The number of unbranched alkanes of at least 4 members (excludes halogenated alkanes) is 1. The van der Waals surface area contributed by atoms with Crippen molar-refractivity contribution in [3.05, 3.63) is 88.4 Å². The number of aryl methyl sites for hydroxylation is 1. The number of sulfonamides is 1. The number of ether oxygens (including phenoxy) is 1. The second kappa shape index (κ2) is 15.0. The maximum absolute atomic E-state index is 14.1. The minimum absolute atomic E-state index is 0.00231. The summed E-state index contributed by atoms with van der Waals surface area (Å²) in [5, 5.41) is 2.94. The van der Waals surface area contributed by atoms with Gasteiger partial charge in [0.15, 0.2) is 0 Å². The number of nitrogens with one attached hydrogen (secondary N) is 1. The van der Waals surface area contributed by atoms with E-state index in [0.29, 0.717) is 28.9 Å². The first-order chi connectivity index (χ1) is 19.6. The molecule has 0 fully saturated rings. The zero-order valence-electron chi connectivity index (χ0n) is 24.0. The maximum atomic E-state index is 14.1. The zero-order valence-corrected chi connectivity index (χ0v) is 26.4. The topological polar surface area (TPSA) is 96.0 Å². The summed E-state index contributed by atoms with van der Waals surface area (Å²) in [6, 6.07) is 20.0. The van der Waals surface area contributed by atoms with Crippen LogP contribution in [0.25, 0.3) is 0 Å². The minimum atomic E-state index is -4.19. The van der Waals surface area contributed by atoms with Crippen LogP contribution in [0.2, 0.25) is 0 Å². The van der Waals surface area contributed by atoms with Crippen molar-refractivity contribution in [2.75, 3.05) is 24.5 Å². The van der Waals surface area contributed by atoms with Gasteiger partial charge in [-0.15, -0.1) is 0 Å². The second-order valence-electron chi connectivity index (χ2n) is 9.72. The lowest BCUT2D eigenvalue weighted by atomic mass is 10.1. The summed E-state index contributed by atoms with van der Waals surface area (Å²) in [6.45, 7) is 5.97. The Morgan fingerprint density at radius 3 is 2.27 bits per heavy atom. The van der Waals surface area contributed by atoms with E-state index in [2.05, 4.69) is 21.2 Å². The van der Waals surface area contributed by atoms with E-state index >= 15 is 0 Å². The number of rotatable bonds is 14. The molecule has 1 N–H and O–H groups in total. The number of hydrogen-bond donors (Lipinski definition) is 1. The number of anilines is 1. The molecule has 41 heavy (non-hydrogen) atoms. The average molecular weight is 645 g/mol. The number of hydrogen-bond acceptors (Lipinski definition) is 5. The summed E-state index contributed by atoms with van der Waals surface area (Å²) in [5.41, 5.74) is 2.13. The number of carbonyl (C=O) groups is 2. The van der Waals surface area contributed by atoms with Crippen molar-refractivity contribution in [2.45, 2.75) is 57.5 Å². The maximum Gasteiger partial charge on any atom is 0.264 e. The quantitative estimate of drug-likeness (QED) is 0.228. The molecule has 2 amide bonds. The fourth-order valence-corrected chi connectivity index (χ4v) is 6.51. The van der Waals surface area contributed by atoms with Crippen molar-refractivity contribution >= 4 is 43.5 Å². The molecule has 0 aliphatic rings. The van der Waals surface area contributed by atoms with Crippen molar-refractivity contribution in [1.29, 1.82) is 0 Å². The standard InChI is InChI=1S/C31H38BrN3O5S/c1-5-7-19-33-31(37)28(6-2)34(21-24-11-9-8-10-12-24)30(36)22-35(25-15-13-23(3)14-16-25)41(38,39)26-17-18-29(40-4)27(32)20-26/h8-18,20,28H,5-7,19,21-22H2,1-4H3,(H,33,37)/t28-/m0/s1. The first-order valence-electron chi connectivity index (χ1n) is 13.7. The minimum Gasteiger partial charge on any atom is -0.496 e.